The summed E-state index contributed by atoms with van der Waals surface area (Å²) in [6.07, 6.45) is 1.21. The van der Waals surface area contributed by atoms with Crippen molar-refractivity contribution in [3.63, 3.8) is 0 Å². The Morgan fingerprint density at radius 3 is 2.59 bits per heavy atom. The van der Waals surface area contributed by atoms with Crippen LogP contribution < -0.4 is 10.1 Å². The van der Waals surface area contributed by atoms with Gasteiger partial charge in [-0.3, -0.25) is 0 Å². The molecule has 1 aromatic rings. The predicted molar refractivity (Wildman–Crippen MR) is 71.6 cm³/mol. The van der Waals surface area contributed by atoms with Gasteiger partial charge in [0.05, 0.1) is 6.61 Å². The molecule has 1 aliphatic heterocycles. The third-order valence-electron chi connectivity index (χ3n) is 3.65. The first-order valence-electron chi connectivity index (χ1n) is 6.59. The maximum Gasteiger partial charge on any atom is 0.124 e. The molecule has 0 spiro atoms. The fraction of sp³-hybridized carbons (Fsp3) is 0.600. The molecule has 17 heavy (non-hydrogen) atoms. The molecule has 2 heteroatoms. The van der Waals surface area contributed by atoms with Crippen molar-refractivity contribution in [3.8, 4) is 5.75 Å². The van der Waals surface area contributed by atoms with Crippen LogP contribution in [-0.4, -0.2) is 13.2 Å². The minimum Gasteiger partial charge on any atom is -0.494 e. The van der Waals surface area contributed by atoms with E-state index in [0.717, 1.165) is 24.8 Å². The van der Waals surface area contributed by atoms with Crippen LogP contribution in [0.3, 0.4) is 0 Å². The van der Waals surface area contributed by atoms with E-state index in [1.807, 2.05) is 6.92 Å². The highest BCUT2D eigenvalue weighted by molar-refractivity contribution is 5.44. The van der Waals surface area contributed by atoms with Gasteiger partial charge in [0.15, 0.2) is 0 Å². The first-order valence-corrected chi connectivity index (χ1v) is 6.59. The molecule has 0 aromatic heterocycles. The molecule has 0 aliphatic carbocycles. The van der Waals surface area contributed by atoms with Gasteiger partial charge in [0.1, 0.15) is 5.75 Å². The predicted octanol–water partition coefficient (Wildman–Crippen LogP) is 3.37. The van der Waals surface area contributed by atoms with Gasteiger partial charge in [-0.15, -0.1) is 0 Å². The molecule has 0 unspecified atom stereocenters. The molecule has 0 saturated carbocycles. The van der Waals surface area contributed by atoms with Gasteiger partial charge in [0.25, 0.3) is 0 Å². The highest BCUT2D eigenvalue weighted by Gasteiger charge is 2.25. The number of ether oxygens (including phenoxy) is 1. The Labute approximate surface area is 104 Å². The molecule has 1 aromatic carbocycles. The molecule has 1 N–H and O–H groups in total. The highest BCUT2D eigenvalue weighted by Crippen LogP contribution is 2.34. The van der Waals surface area contributed by atoms with E-state index in [-0.39, 0.29) is 0 Å². The Morgan fingerprint density at radius 2 is 2.00 bits per heavy atom. The molecule has 0 radical (unpaired) electrons. The maximum absolute atomic E-state index is 5.78. The molecular weight excluding hydrogens is 210 g/mol. The van der Waals surface area contributed by atoms with Crippen molar-refractivity contribution in [2.45, 2.75) is 40.2 Å². The zero-order chi connectivity index (χ0) is 12.4. The number of nitrogens with one attached hydrogen (secondary N) is 1. The molecule has 1 heterocycles. The summed E-state index contributed by atoms with van der Waals surface area (Å²) < 4.78 is 5.78. The summed E-state index contributed by atoms with van der Waals surface area (Å²) in [4.78, 5) is 0. The Morgan fingerprint density at radius 1 is 1.29 bits per heavy atom. The van der Waals surface area contributed by atoms with Crippen LogP contribution >= 0.6 is 0 Å². The molecule has 1 aliphatic rings. The van der Waals surface area contributed by atoms with Gasteiger partial charge in [-0.2, -0.15) is 0 Å². The lowest BCUT2D eigenvalue weighted by Crippen LogP contribution is -2.15. The quantitative estimate of drug-likeness (QED) is 0.864. The molecule has 1 saturated heterocycles. The van der Waals surface area contributed by atoms with Crippen molar-refractivity contribution in [2.75, 3.05) is 13.2 Å². The van der Waals surface area contributed by atoms with Gasteiger partial charge in [-0.25, -0.2) is 0 Å². The Kier molecular flexibility index (Phi) is 3.72. The van der Waals surface area contributed by atoms with Crippen molar-refractivity contribution < 1.29 is 4.74 Å². The normalized spacial score (nSPS) is 24.0. The van der Waals surface area contributed by atoms with Gasteiger partial charge in [0, 0.05) is 11.6 Å². The molecule has 2 rings (SSSR count). The average molecular weight is 233 g/mol. The van der Waals surface area contributed by atoms with Gasteiger partial charge >= 0.3 is 0 Å². The lowest BCUT2D eigenvalue weighted by Gasteiger charge is -2.18. The van der Waals surface area contributed by atoms with E-state index in [9.17, 15) is 0 Å². The zero-order valence-corrected chi connectivity index (χ0v) is 11.3. The molecule has 0 bridgehead atoms. The zero-order valence-electron chi connectivity index (χ0n) is 11.3. The highest BCUT2D eigenvalue weighted by atomic mass is 16.5. The molecule has 1 fully saturated rings. The second-order valence-corrected chi connectivity index (χ2v) is 5.21. The Hall–Kier alpha value is -1.02. The van der Waals surface area contributed by atoms with Crippen molar-refractivity contribution >= 4 is 0 Å². The van der Waals surface area contributed by atoms with E-state index >= 15 is 0 Å². The number of hydrogen-bond acceptors (Lipinski definition) is 2. The van der Waals surface area contributed by atoms with Gasteiger partial charge in [-0.05, 0) is 56.8 Å². The van der Waals surface area contributed by atoms with Crippen molar-refractivity contribution in [3.05, 3.63) is 28.8 Å². The van der Waals surface area contributed by atoms with Gasteiger partial charge in [0.2, 0.25) is 0 Å². The maximum atomic E-state index is 5.78. The minimum absolute atomic E-state index is 0.464. The smallest absolute Gasteiger partial charge is 0.124 e. The summed E-state index contributed by atoms with van der Waals surface area (Å²) in [5.41, 5.74) is 3.99. The van der Waals surface area contributed by atoms with Crippen LogP contribution in [0.2, 0.25) is 0 Å². The number of aryl methyl sites for hydroxylation is 2. The largest absolute Gasteiger partial charge is 0.494 e. The first kappa shape index (κ1) is 12.4. The van der Waals surface area contributed by atoms with Crippen LogP contribution in [0.15, 0.2) is 12.1 Å². The number of rotatable bonds is 3. The average Bonchev–Trinajstić information content (AvgIpc) is 2.70. The molecule has 94 valence electrons. The summed E-state index contributed by atoms with van der Waals surface area (Å²) in [6.45, 7) is 10.5. The van der Waals surface area contributed by atoms with Gasteiger partial charge < -0.3 is 10.1 Å². The molecular formula is C15H23NO. The topological polar surface area (TPSA) is 21.3 Å². The van der Waals surface area contributed by atoms with E-state index < -0.39 is 0 Å². The van der Waals surface area contributed by atoms with E-state index in [1.165, 1.54) is 23.1 Å². The van der Waals surface area contributed by atoms with Crippen molar-refractivity contribution in [1.82, 2.24) is 5.32 Å². The summed E-state index contributed by atoms with van der Waals surface area (Å²) in [6, 6.07) is 4.93. The van der Waals surface area contributed by atoms with Crippen LogP contribution in [0.4, 0.5) is 0 Å². The van der Waals surface area contributed by atoms with Crippen LogP contribution in [-0.2, 0) is 0 Å². The fourth-order valence-electron chi connectivity index (χ4n) is 2.51. The SMILES string of the molecule is CCOc1cc(C)c(C)cc1[C@@H]1C[C@@H](C)CN1. The van der Waals surface area contributed by atoms with E-state index in [1.54, 1.807) is 0 Å². The van der Waals surface area contributed by atoms with E-state index in [2.05, 4.69) is 38.2 Å². The van der Waals surface area contributed by atoms with E-state index in [4.69, 9.17) is 4.74 Å². The van der Waals surface area contributed by atoms with Crippen LogP contribution in [0.25, 0.3) is 0 Å². The molecule has 0 amide bonds. The second kappa shape index (κ2) is 5.09. The summed E-state index contributed by atoms with van der Waals surface area (Å²) in [5, 5.41) is 3.59. The van der Waals surface area contributed by atoms with Gasteiger partial charge in [-0.1, -0.05) is 13.0 Å². The number of hydrogen-bond donors (Lipinski definition) is 1. The molecule has 2 nitrogen and oxygen atoms in total. The van der Waals surface area contributed by atoms with E-state index in [0.29, 0.717) is 6.04 Å². The van der Waals surface area contributed by atoms with Crippen LogP contribution in [0, 0.1) is 19.8 Å². The minimum atomic E-state index is 0.464. The monoisotopic (exact) mass is 233 g/mol. The van der Waals surface area contributed by atoms with Crippen LogP contribution in [0.1, 0.15) is 43.0 Å². The lowest BCUT2D eigenvalue weighted by molar-refractivity contribution is 0.332. The summed E-state index contributed by atoms with van der Waals surface area (Å²) in [5.74, 6) is 1.82. The van der Waals surface area contributed by atoms with Crippen molar-refractivity contribution in [2.24, 2.45) is 5.92 Å². The standard InChI is InChI=1S/C15H23NO/c1-5-17-15-8-12(4)11(3)7-13(15)14-6-10(2)9-16-14/h7-8,10,14,16H,5-6,9H2,1-4H3/t10-,14+/m1/s1. The van der Waals surface area contributed by atoms with Crippen molar-refractivity contribution in [1.29, 1.82) is 0 Å². The lowest BCUT2D eigenvalue weighted by atomic mass is 9.96. The molecule has 2 atom stereocenters. The van der Waals surface area contributed by atoms with Crippen LogP contribution in [0.5, 0.6) is 5.75 Å². The first-order chi connectivity index (χ1) is 8.11. The summed E-state index contributed by atoms with van der Waals surface area (Å²) >= 11 is 0. The fourth-order valence-corrected chi connectivity index (χ4v) is 2.51. The third-order valence-corrected chi connectivity index (χ3v) is 3.65. The third kappa shape index (κ3) is 2.63. The number of benzene rings is 1. The Bertz CT molecular complexity index is 400. The second-order valence-electron chi connectivity index (χ2n) is 5.21. The Balaban J connectivity index is 2.33. The summed E-state index contributed by atoms with van der Waals surface area (Å²) in [7, 11) is 0.